The summed E-state index contributed by atoms with van der Waals surface area (Å²) < 4.78 is 0. The molecule has 0 fully saturated rings. The van der Waals surface area contributed by atoms with E-state index in [2.05, 4.69) is 41.9 Å². The zero-order chi connectivity index (χ0) is 13.0. The van der Waals surface area contributed by atoms with E-state index in [4.69, 9.17) is 4.84 Å². The van der Waals surface area contributed by atoms with E-state index >= 15 is 0 Å². The van der Waals surface area contributed by atoms with Crippen LogP contribution in [0.4, 0.5) is 0 Å². The fourth-order valence-electron chi connectivity index (χ4n) is 1.55. The van der Waals surface area contributed by atoms with Crippen molar-refractivity contribution in [2.75, 3.05) is 0 Å². The lowest BCUT2D eigenvalue weighted by atomic mass is 10.2. The van der Waals surface area contributed by atoms with Gasteiger partial charge in [-0.05, 0) is 38.5 Å². The Bertz CT molecular complexity index is 485. The first-order valence-corrected chi connectivity index (χ1v) is 6.91. The molecule has 18 heavy (non-hydrogen) atoms. The van der Waals surface area contributed by atoms with Gasteiger partial charge in [0.25, 0.3) is 0 Å². The van der Waals surface area contributed by atoms with Crippen LogP contribution in [0.5, 0.6) is 0 Å². The summed E-state index contributed by atoms with van der Waals surface area (Å²) in [6, 6.07) is 14.7. The monoisotopic (exact) mass is 261 g/mol. The fraction of sp³-hybridized carbons (Fsp3) is 0.333. The molecular weight excluding hydrogens is 242 g/mol. The summed E-state index contributed by atoms with van der Waals surface area (Å²) in [5.41, 5.74) is 4.13. The van der Waals surface area contributed by atoms with Gasteiger partial charge in [-0.15, -0.1) is 11.3 Å². The molecule has 0 saturated carbocycles. The normalized spacial score (nSPS) is 11.7. The summed E-state index contributed by atoms with van der Waals surface area (Å²) in [6.45, 7) is 6.84. The Hall–Kier alpha value is -1.16. The van der Waals surface area contributed by atoms with Crippen molar-refractivity contribution >= 4 is 11.3 Å². The number of hydrogen-bond donors (Lipinski definition) is 1. The van der Waals surface area contributed by atoms with E-state index in [9.17, 15) is 0 Å². The molecule has 0 saturated heterocycles. The zero-order valence-electron chi connectivity index (χ0n) is 11.1. The van der Waals surface area contributed by atoms with Crippen molar-refractivity contribution in [3.05, 3.63) is 47.3 Å². The molecule has 0 unspecified atom stereocenters. The standard InChI is InChI=1S/C15H19NOS/c1-15(2,3)17-16-11-13-9-10-14(18-13)12-7-5-4-6-8-12/h4-10,16H,11H2,1-3H3. The molecule has 0 aliphatic rings. The van der Waals surface area contributed by atoms with Crippen molar-refractivity contribution < 1.29 is 4.84 Å². The first-order valence-electron chi connectivity index (χ1n) is 6.09. The van der Waals surface area contributed by atoms with Crippen LogP contribution in [0.1, 0.15) is 25.6 Å². The number of nitrogens with one attached hydrogen (secondary N) is 1. The molecule has 0 spiro atoms. The summed E-state index contributed by atoms with van der Waals surface area (Å²) in [5, 5.41) is 0. The van der Waals surface area contributed by atoms with E-state index in [1.54, 1.807) is 11.3 Å². The van der Waals surface area contributed by atoms with Crippen LogP contribution < -0.4 is 5.48 Å². The predicted octanol–water partition coefficient (Wildman–Crippen LogP) is 4.23. The van der Waals surface area contributed by atoms with Crippen LogP contribution in [-0.2, 0) is 11.4 Å². The zero-order valence-corrected chi connectivity index (χ0v) is 11.9. The quantitative estimate of drug-likeness (QED) is 0.831. The number of benzene rings is 1. The fourth-order valence-corrected chi connectivity index (χ4v) is 2.49. The summed E-state index contributed by atoms with van der Waals surface area (Å²) in [5.74, 6) is 0. The molecule has 3 heteroatoms. The van der Waals surface area contributed by atoms with Gasteiger partial charge in [-0.3, -0.25) is 4.84 Å². The maximum Gasteiger partial charge on any atom is 0.0813 e. The Balaban J connectivity index is 1.95. The van der Waals surface area contributed by atoms with Gasteiger partial charge in [-0.25, -0.2) is 0 Å². The highest BCUT2D eigenvalue weighted by atomic mass is 32.1. The third-order valence-electron chi connectivity index (χ3n) is 2.34. The van der Waals surface area contributed by atoms with Crippen molar-refractivity contribution in [3.63, 3.8) is 0 Å². The number of thiophene rings is 1. The maximum atomic E-state index is 5.50. The van der Waals surface area contributed by atoms with Gasteiger partial charge in [0, 0.05) is 9.75 Å². The second-order valence-corrected chi connectivity index (χ2v) is 6.34. The van der Waals surface area contributed by atoms with Crippen molar-refractivity contribution in [1.82, 2.24) is 5.48 Å². The van der Waals surface area contributed by atoms with Crippen LogP contribution >= 0.6 is 11.3 Å². The Morgan fingerprint density at radius 1 is 1.06 bits per heavy atom. The molecule has 0 aliphatic carbocycles. The largest absolute Gasteiger partial charge is 0.296 e. The van der Waals surface area contributed by atoms with Crippen LogP contribution in [0, 0.1) is 0 Å². The van der Waals surface area contributed by atoms with Gasteiger partial charge >= 0.3 is 0 Å². The van der Waals surface area contributed by atoms with Crippen LogP contribution in [0.3, 0.4) is 0 Å². The van der Waals surface area contributed by atoms with E-state index in [-0.39, 0.29) is 5.60 Å². The Labute approximate surface area is 113 Å². The lowest BCUT2D eigenvalue weighted by Gasteiger charge is -2.18. The van der Waals surface area contributed by atoms with Gasteiger partial charge in [0.15, 0.2) is 0 Å². The highest BCUT2D eigenvalue weighted by Gasteiger charge is 2.10. The summed E-state index contributed by atoms with van der Waals surface area (Å²) >= 11 is 1.79. The Morgan fingerprint density at radius 2 is 1.78 bits per heavy atom. The van der Waals surface area contributed by atoms with Crippen LogP contribution in [0.15, 0.2) is 42.5 Å². The molecule has 0 bridgehead atoms. The molecule has 1 N–H and O–H groups in total. The van der Waals surface area contributed by atoms with Gasteiger partial charge in [-0.1, -0.05) is 30.3 Å². The van der Waals surface area contributed by atoms with Gasteiger partial charge in [0.05, 0.1) is 12.1 Å². The second kappa shape index (κ2) is 5.65. The minimum absolute atomic E-state index is 0.153. The molecule has 1 aromatic carbocycles. The summed E-state index contributed by atoms with van der Waals surface area (Å²) in [6.07, 6.45) is 0. The van der Waals surface area contributed by atoms with Crippen LogP contribution in [0.25, 0.3) is 10.4 Å². The molecule has 0 atom stereocenters. The minimum atomic E-state index is -0.153. The highest BCUT2D eigenvalue weighted by Crippen LogP contribution is 2.27. The van der Waals surface area contributed by atoms with Crippen molar-refractivity contribution in [1.29, 1.82) is 0 Å². The van der Waals surface area contributed by atoms with Gasteiger partial charge in [-0.2, -0.15) is 5.48 Å². The molecular formula is C15H19NOS. The van der Waals surface area contributed by atoms with E-state index in [1.807, 2.05) is 26.8 Å². The van der Waals surface area contributed by atoms with E-state index in [0.717, 1.165) is 6.54 Å². The SMILES string of the molecule is CC(C)(C)ONCc1ccc(-c2ccccc2)s1. The average Bonchev–Trinajstić information content (AvgIpc) is 2.77. The van der Waals surface area contributed by atoms with Gasteiger partial charge in [0.1, 0.15) is 0 Å². The maximum absolute atomic E-state index is 5.50. The molecule has 1 aromatic heterocycles. The topological polar surface area (TPSA) is 21.3 Å². The Morgan fingerprint density at radius 3 is 2.44 bits per heavy atom. The molecule has 96 valence electrons. The van der Waals surface area contributed by atoms with Crippen LogP contribution in [-0.4, -0.2) is 5.60 Å². The smallest absolute Gasteiger partial charge is 0.0813 e. The molecule has 0 radical (unpaired) electrons. The van der Waals surface area contributed by atoms with E-state index in [0.29, 0.717) is 0 Å². The minimum Gasteiger partial charge on any atom is -0.296 e. The van der Waals surface area contributed by atoms with Crippen molar-refractivity contribution in [3.8, 4) is 10.4 Å². The second-order valence-electron chi connectivity index (χ2n) is 5.17. The Kier molecular flexibility index (Phi) is 4.17. The van der Waals surface area contributed by atoms with Crippen LogP contribution in [0.2, 0.25) is 0 Å². The molecule has 0 aliphatic heterocycles. The van der Waals surface area contributed by atoms with E-state index in [1.165, 1.54) is 15.3 Å². The van der Waals surface area contributed by atoms with Crippen molar-refractivity contribution in [2.45, 2.75) is 32.9 Å². The number of hydrogen-bond acceptors (Lipinski definition) is 3. The van der Waals surface area contributed by atoms with Gasteiger partial charge in [0.2, 0.25) is 0 Å². The average molecular weight is 261 g/mol. The number of hydroxylamine groups is 1. The first-order chi connectivity index (χ1) is 8.54. The third kappa shape index (κ3) is 3.95. The molecule has 2 nitrogen and oxygen atoms in total. The third-order valence-corrected chi connectivity index (χ3v) is 3.48. The summed E-state index contributed by atoms with van der Waals surface area (Å²) in [4.78, 5) is 8.08. The molecule has 2 aromatic rings. The molecule has 2 rings (SSSR count). The molecule has 1 heterocycles. The van der Waals surface area contributed by atoms with Crippen molar-refractivity contribution in [2.24, 2.45) is 0 Å². The number of rotatable bonds is 4. The summed E-state index contributed by atoms with van der Waals surface area (Å²) in [7, 11) is 0. The van der Waals surface area contributed by atoms with E-state index < -0.39 is 0 Å². The molecule has 0 amide bonds. The van der Waals surface area contributed by atoms with Gasteiger partial charge < -0.3 is 0 Å². The lowest BCUT2D eigenvalue weighted by molar-refractivity contribution is -0.0754. The lowest BCUT2D eigenvalue weighted by Crippen LogP contribution is -2.28. The first kappa shape index (κ1) is 13.3. The predicted molar refractivity (Wildman–Crippen MR) is 77.4 cm³/mol. The highest BCUT2D eigenvalue weighted by molar-refractivity contribution is 7.15.